The molecule has 0 radical (unpaired) electrons. The van der Waals surface area contributed by atoms with E-state index in [0.29, 0.717) is 35.1 Å². The van der Waals surface area contributed by atoms with Crippen LogP contribution in [0.15, 0.2) is 0 Å². The summed E-state index contributed by atoms with van der Waals surface area (Å²) < 4.78 is 0. The summed E-state index contributed by atoms with van der Waals surface area (Å²) in [6, 6.07) is 0.286. The Bertz CT molecular complexity index is 611. The third-order valence-electron chi connectivity index (χ3n) is 7.75. The highest BCUT2D eigenvalue weighted by Crippen LogP contribution is 2.64. The molecule has 144 valence electrons. The van der Waals surface area contributed by atoms with Crippen LogP contribution >= 0.6 is 0 Å². The van der Waals surface area contributed by atoms with Crippen LogP contribution in [0.3, 0.4) is 0 Å². The lowest BCUT2D eigenvalue weighted by atomic mass is 9.70. The van der Waals surface area contributed by atoms with E-state index in [-0.39, 0.29) is 11.9 Å². The second-order valence-electron chi connectivity index (χ2n) is 10.8. The van der Waals surface area contributed by atoms with E-state index in [9.17, 15) is 9.59 Å². The van der Waals surface area contributed by atoms with E-state index in [1.54, 1.807) is 0 Å². The van der Waals surface area contributed by atoms with Crippen molar-refractivity contribution in [1.29, 1.82) is 0 Å². The van der Waals surface area contributed by atoms with Gasteiger partial charge >= 0.3 is 0 Å². The molecule has 2 aliphatic carbocycles. The van der Waals surface area contributed by atoms with Crippen molar-refractivity contribution in [1.82, 2.24) is 14.7 Å². The minimum atomic E-state index is 0.261. The zero-order chi connectivity index (χ0) is 18.1. The van der Waals surface area contributed by atoms with E-state index in [4.69, 9.17) is 0 Å². The first-order valence-electron chi connectivity index (χ1n) is 10.6. The van der Waals surface area contributed by atoms with E-state index < -0.39 is 0 Å². The second-order valence-corrected chi connectivity index (χ2v) is 10.8. The number of likely N-dealkylation sites (tertiary alicyclic amines) is 3. The van der Waals surface area contributed by atoms with Crippen LogP contribution in [0, 0.1) is 22.7 Å². The van der Waals surface area contributed by atoms with Crippen molar-refractivity contribution in [3.63, 3.8) is 0 Å². The van der Waals surface area contributed by atoms with Crippen LogP contribution < -0.4 is 0 Å². The maximum Gasteiger partial charge on any atom is 0.236 e. The number of carbonyl (C=O) groups excluding carboxylic acids is 2. The summed E-state index contributed by atoms with van der Waals surface area (Å²) in [4.78, 5) is 31.9. The molecule has 0 N–H and O–H groups in total. The van der Waals surface area contributed by atoms with E-state index >= 15 is 0 Å². The van der Waals surface area contributed by atoms with Gasteiger partial charge in [-0.2, -0.15) is 0 Å². The average Bonchev–Trinajstić information content (AvgIpc) is 3.02. The lowest BCUT2D eigenvalue weighted by molar-refractivity contribution is -0.137. The molecule has 0 bridgehead atoms. The van der Waals surface area contributed by atoms with Crippen LogP contribution in [0.4, 0.5) is 0 Å². The van der Waals surface area contributed by atoms with E-state index in [1.807, 2.05) is 4.90 Å². The Morgan fingerprint density at radius 3 is 2.42 bits per heavy atom. The molecule has 3 saturated heterocycles. The number of amides is 2. The van der Waals surface area contributed by atoms with Gasteiger partial charge < -0.3 is 9.80 Å². The fourth-order valence-electron chi connectivity index (χ4n) is 6.30. The Hall–Kier alpha value is -1.10. The largest absolute Gasteiger partial charge is 0.339 e. The van der Waals surface area contributed by atoms with Crippen LogP contribution in [0.1, 0.15) is 52.4 Å². The van der Waals surface area contributed by atoms with E-state index in [1.165, 1.54) is 25.7 Å². The summed E-state index contributed by atoms with van der Waals surface area (Å²) in [6.45, 7) is 9.64. The van der Waals surface area contributed by atoms with Gasteiger partial charge in [0.05, 0.1) is 12.6 Å². The Morgan fingerprint density at radius 2 is 1.77 bits per heavy atom. The summed E-state index contributed by atoms with van der Waals surface area (Å²) in [5, 5.41) is 0. The van der Waals surface area contributed by atoms with Crippen molar-refractivity contribution in [2.75, 3.05) is 39.3 Å². The Labute approximate surface area is 157 Å². The molecule has 0 aromatic rings. The molecule has 3 heterocycles. The summed E-state index contributed by atoms with van der Waals surface area (Å²) in [5.41, 5.74) is 1.05. The molecule has 0 aromatic carbocycles. The third kappa shape index (κ3) is 2.96. The Kier molecular flexibility index (Phi) is 3.73. The minimum Gasteiger partial charge on any atom is -0.339 e. The Balaban J connectivity index is 1.12. The van der Waals surface area contributed by atoms with Gasteiger partial charge in [-0.05, 0) is 48.9 Å². The molecule has 3 aliphatic heterocycles. The highest BCUT2D eigenvalue weighted by atomic mass is 16.2. The molecule has 5 heteroatoms. The molecule has 5 aliphatic rings. The highest BCUT2D eigenvalue weighted by Gasteiger charge is 2.53. The van der Waals surface area contributed by atoms with Crippen molar-refractivity contribution in [3.05, 3.63) is 0 Å². The maximum absolute atomic E-state index is 12.8. The van der Waals surface area contributed by atoms with Crippen LogP contribution in [0.5, 0.6) is 0 Å². The van der Waals surface area contributed by atoms with E-state index in [2.05, 4.69) is 23.6 Å². The highest BCUT2D eigenvalue weighted by molar-refractivity contribution is 5.80. The zero-order valence-corrected chi connectivity index (χ0v) is 16.4. The normalized spacial score (nSPS) is 34.5. The predicted molar refractivity (Wildman–Crippen MR) is 99.4 cm³/mol. The van der Waals surface area contributed by atoms with Gasteiger partial charge in [0, 0.05) is 45.1 Å². The topological polar surface area (TPSA) is 43.9 Å². The first-order valence-corrected chi connectivity index (χ1v) is 10.6. The molecule has 1 spiro atoms. The summed E-state index contributed by atoms with van der Waals surface area (Å²) in [6.07, 6.45) is 7.21. The molecule has 0 aromatic heterocycles. The first kappa shape index (κ1) is 17.0. The first-order chi connectivity index (χ1) is 12.3. The quantitative estimate of drug-likeness (QED) is 0.771. The van der Waals surface area contributed by atoms with E-state index in [0.717, 1.165) is 45.6 Å². The zero-order valence-electron chi connectivity index (χ0n) is 16.4. The van der Waals surface area contributed by atoms with Gasteiger partial charge in [0.15, 0.2) is 0 Å². The summed E-state index contributed by atoms with van der Waals surface area (Å²) >= 11 is 0. The lowest BCUT2D eigenvalue weighted by Crippen LogP contribution is -2.56. The number of hydrogen-bond donors (Lipinski definition) is 0. The monoisotopic (exact) mass is 359 g/mol. The van der Waals surface area contributed by atoms with Crippen molar-refractivity contribution < 1.29 is 9.59 Å². The molecule has 2 amide bonds. The summed E-state index contributed by atoms with van der Waals surface area (Å²) in [7, 11) is 0. The number of nitrogens with zero attached hydrogens (tertiary/aromatic N) is 3. The molecular formula is C21H33N3O2. The van der Waals surface area contributed by atoms with Gasteiger partial charge in [0.25, 0.3) is 0 Å². The van der Waals surface area contributed by atoms with Gasteiger partial charge in [-0.15, -0.1) is 0 Å². The molecule has 2 atom stereocenters. The molecule has 5 nitrogen and oxygen atoms in total. The maximum atomic E-state index is 12.8. The van der Waals surface area contributed by atoms with Gasteiger partial charge in [-0.1, -0.05) is 13.8 Å². The number of fused-ring (bicyclic) bond motifs is 1. The fourth-order valence-corrected chi connectivity index (χ4v) is 6.30. The smallest absolute Gasteiger partial charge is 0.236 e. The Morgan fingerprint density at radius 1 is 1.04 bits per heavy atom. The molecule has 0 unspecified atom stereocenters. The third-order valence-corrected chi connectivity index (χ3v) is 7.75. The van der Waals surface area contributed by atoms with Crippen molar-refractivity contribution in [2.45, 2.75) is 58.4 Å². The van der Waals surface area contributed by atoms with Crippen molar-refractivity contribution >= 4 is 11.8 Å². The number of rotatable bonds is 4. The van der Waals surface area contributed by atoms with Gasteiger partial charge in [-0.3, -0.25) is 14.5 Å². The minimum absolute atomic E-state index is 0.261. The molecular weight excluding hydrogens is 326 g/mol. The van der Waals surface area contributed by atoms with Gasteiger partial charge in [0.2, 0.25) is 11.8 Å². The van der Waals surface area contributed by atoms with Crippen LogP contribution in [-0.2, 0) is 9.59 Å². The molecule has 5 rings (SSSR count). The van der Waals surface area contributed by atoms with Crippen LogP contribution in [0.25, 0.3) is 0 Å². The summed E-state index contributed by atoms with van der Waals surface area (Å²) in [5.74, 6) is 1.76. The molecule has 26 heavy (non-hydrogen) atoms. The molecule has 5 fully saturated rings. The van der Waals surface area contributed by atoms with Crippen molar-refractivity contribution in [3.8, 4) is 0 Å². The van der Waals surface area contributed by atoms with Crippen LogP contribution in [-0.4, -0.2) is 71.8 Å². The SMILES string of the molecule is CC1(C)CN(CC(=O)N2C[C@@H]3CCN(C(=O)CC4CC5(CC5)C4)[C@@H]3C2)C1. The van der Waals surface area contributed by atoms with Gasteiger partial charge in [0.1, 0.15) is 0 Å². The predicted octanol–water partition coefficient (Wildman–Crippen LogP) is 1.97. The molecule has 2 saturated carbocycles. The standard InChI is InChI=1S/C21H33N3O2/c1-20(2)13-22(14-20)12-19(26)23-10-16-3-6-24(17(16)11-23)18(25)7-15-8-21(9-15)4-5-21/h15-17H,3-14H2,1-2H3/t16-,17+/m0/s1. The van der Waals surface area contributed by atoms with Crippen LogP contribution in [0.2, 0.25) is 0 Å². The van der Waals surface area contributed by atoms with Gasteiger partial charge in [-0.25, -0.2) is 0 Å². The lowest BCUT2D eigenvalue weighted by Gasteiger charge is -2.45. The second kappa shape index (κ2) is 5.70. The number of hydrogen-bond acceptors (Lipinski definition) is 3. The van der Waals surface area contributed by atoms with Crippen molar-refractivity contribution in [2.24, 2.45) is 22.7 Å². The number of carbonyl (C=O) groups is 2. The fraction of sp³-hybridized carbons (Fsp3) is 0.905. The average molecular weight is 360 g/mol.